The molecule has 1 N–H and O–H groups in total. The van der Waals surface area contributed by atoms with Gasteiger partial charge in [-0.3, -0.25) is 4.79 Å². The van der Waals surface area contributed by atoms with E-state index in [0.29, 0.717) is 18.7 Å². The van der Waals surface area contributed by atoms with Crippen molar-refractivity contribution >= 4 is 28.5 Å². The summed E-state index contributed by atoms with van der Waals surface area (Å²) in [5.41, 5.74) is 4.89. The van der Waals surface area contributed by atoms with Crippen LogP contribution in [0.25, 0.3) is 11.0 Å². The van der Waals surface area contributed by atoms with Crippen molar-refractivity contribution in [2.24, 2.45) is 0 Å². The maximum Gasteiger partial charge on any atom is 0.251 e. The third-order valence-corrected chi connectivity index (χ3v) is 7.25. The Hall–Kier alpha value is -3.51. The molecule has 0 aliphatic rings. The fourth-order valence-electron chi connectivity index (χ4n) is 4.60. The first-order valence-corrected chi connectivity index (χ1v) is 13.6. The van der Waals surface area contributed by atoms with Crippen LogP contribution in [0.3, 0.4) is 0 Å². The number of aromatic nitrogens is 2. The molecule has 0 aliphatic heterocycles. The SMILES string of the molecule is COc1ccc(C(=O)NCCCCCc2nc3ccccc3n2CCCOc2cc(C)c(Cl)c(C)c2)cc1. The highest BCUT2D eigenvalue weighted by atomic mass is 35.5. The number of carbonyl (C=O) groups is 1. The van der Waals surface area contributed by atoms with Gasteiger partial charge in [-0.05, 0) is 92.8 Å². The van der Waals surface area contributed by atoms with E-state index in [4.69, 9.17) is 26.1 Å². The molecule has 0 radical (unpaired) electrons. The van der Waals surface area contributed by atoms with Crippen LogP contribution in [0.1, 0.15) is 53.0 Å². The second-order valence-electron chi connectivity index (χ2n) is 9.54. The van der Waals surface area contributed by atoms with Crippen LogP contribution in [0.2, 0.25) is 5.02 Å². The Morgan fingerprint density at radius 2 is 1.68 bits per heavy atom. The van der Waals surface area contributed by atoms with E-state index < -0.39 is 0 Å². The highest BCUT2D eigenvalue weighted by Gasteiger charge is 2.11. The number of benzene rings is 3. The van der Waals surface area contributed by atoms with Gasteiger partial charge in [0.2, 0.25) is 0 Å². The predicted molar refractivity (Wildman–Crippen MR) is 154 cm³/mol. The fraction of sp³-hybridized carbons (Fsp3) is 0.355. The number of fused-ring (bicyclic) bond motifs is 1. The summed E-state index contributed by atoms with van der Waals surface area (Å²) < 4.78 is 13.5. The first kappa shape index (κ1) is 27.5. The number of ether oxygens (including phenoxy) is 2. The smallest absolute Gasteiger partial charge is 0.251 e. The van der Waals surface area contributed by atoms with Gasteiger partial charge in [0.1, 0.15) is 17.3 Å². The van der Waals surface area contributed by atoms with Crippen molar-refractivity contribution in [2.75, 3.05) is 20.3 Å². The number of unbranched alkanes of at least 4 members (excludes halogenated alkanes) is 2. The summed E-state index contributed by atoms with van der Waals surface area (Å²) in [6.07, 6.45) is 4.74. The van der Waals surface area contributed by atoms with Gasteiger partial charge in [0.15, 0.2) is 0 Å². The zero-order chi connectivity index (χ0) is 26.9. The first-order valence-electron chi connectivity index (χ1n) is 13.2. The van der Waals surface area contributed by atoms with Gasteiger partial charge >= 0.3 is 0 Å². The molecule has 0 aliphatic carbocycles. The lowest BCUT2D eigenvalue weighted by atomic mass is 10.1. The standard InChI is InChI=1S/C31H36ClN3O3/c1-22-20-26(21-23(2)30(22)32)38-19-9-18-35-28-11-7-6-10-27(28)34-29(35)12-5-4-8-17-33-31(36)24-13-15-25(37-3)16-14-24/h6-7,10-11,13-16,20-21H,4-5,8-9,12,17-19H2,1-3H3,(H,33,36). The molecule has 200 valence electrons. The number of aryl methyl sites for hydroxylation is 4. The maximum atomic E-state index is 12.3. The number of nitrogens with one attached hydrogen (secondary N) is 1. The third-order valence-electron chi connectivity index (χ3n) is 6.65. The third kappa shape index (κ3) is 7.07. The van der Waals surface area contributed by atoms with Crippen LogP contribution in [-0.2, 0) is 13.0 Å². The minimum Gasteiger partial charge on any atom is -0.497 e. The molecule has 7 heteroatoms. The largest absolute Gasteiger partial charge is 0.497 e. The normalized spacial score (nSPS) is 11.1. The first-order chi connectivity index (χ1) is 18.5. The van der Waals surface area contributed by atoms with E-state index in [2.05, 4.69) is 28.1 Å². The number of imidazole rings is 1. The quantitative estimate of drug-likeness (QED) is 0.189. The topological polar surface area (TPSA) is 65.4 Å². The van der Waals surface area contributed by atoms with Gasteiger partial charge in [-0.2, -0.15) is 0 Å². The second-order valence-corrected chi connectivity index (χ2v) is 9.91. The Morgan fingerprint density at radius 1 is 0.947 bits per heavy atom. The lowest BCUT2D eigenvalue weighted by molar-refractivity contribution is 0.0953. The molecule has 1 heterocycles. The Morgan fingerprint density at radius 3 is 2.42 bits per heavy atom. The monoisotopic (exact) mass is 533 g/mol. The fourth-order valence-corrected chi connectivity index (χ4v) is 4.71. The molecule has 0 saturated heterocycles. The van der Waals surface area contributed by atoms with E-state index in [-0.39, 0.29) is 5.91 Å². The molecule has 4 rings (SSSR count). The maximum absolute atomic E-state index is 12.3. The highest BCUT2D eigenvalue weighted by molar-refractivity contribution is 6.32. The average molecular weight is 534 g/mol. The van der Waals surface area contributed by atoms with Gasteiger partial charge < -0.3 is 19.4 Å². The second kappa shape index (κ2) is 13.3. The molecule has 3 aromatic carbocycles. The van der Waals surface area contributed by atoms with Crippen LogP contribution in [0.15, 0.2) is 60.7 Å². The summed E-state index contributed by atoms with van der Waals surface area (Å²) in [5, 5.41) is 3.80. The van der Waals surface area contributed by atoms with Gasteiger partial charge in [-0.25, -0.2) is 4.98 Å². The lowest BCUT2D eigenvalue weighted by Gasteiger charge is -2.12. The van der Waals surface area contributed by atoms with Gasteiger partial charge in [-0.1, -0.05) is 30.2 Å². The van der Waals surface area contributed by atoms with E-state index in [1.165, 1.54) is 0 Å². The predicted octanol–water partition coefficient (Wildman–Crippen LogP) is 6.93. The molecule has 6 nitrogen and oxygen atoms in total. The van der Waals surface area contributed by atoms with Crippen molar-refractivity contribution < 1.29 is 14.3 Å². The summed E-state index contributed by atoms with van der Waals surface area (Å²) in [5.74, 6) is 2.65. The number of amides is 1. The molecule has 0 spiro atoms. The number of hydrogen-bond donors (Lipinski definition) is 1. The molecule has 0 bridgehead atoms. The van der Waals surface area contributed by atoms with Crippen molar-refractivity contribution in [1.29, 1.82) is 0 Å². The summed E-state index contributed by atoms with van der Waals surface area (Å²) in [7, 11) is 1.61. The Labute approximate surface area is 229 Å². The number of nitrogens with zero attached hydrogens (tertiary/aromatic N) is 2. The van der Waals surface area contributed by atoms with Crippen LogP contribution >= 0.6 is 11.6 Å². The van der Waals surface area contributed by atoms with Gasteiger partial charge in [-0.15, -0.1) is 0 Å². The molecule has 4 aromatic rings. The van der Waals surface area contributed by atoms with Crippen LogP contribution in [-0.4, -0.2) is 35.7 Å². The summed E-state index contributed by atoms with van der Waals surface area (Å²) >= 11 is 6.28. The van der Waals surface area contributed by atoms with E-state index >= 15 is 0 Å². The van der Waals surface area contributed by atoms with Crippen LogP contribution in [0.4, 0.5) is 0 Å². The van der Waals surface area contributed by atoms with Gasteiger partial charge in [0.25, 0.3) is 5.91 Å². The molecular weight excluding hydrogens is 498 g/mol. The molecule has 0 unspecified atom stereocenters. The Bertz CT molecular complexity index is 1340. The molecule has 1 amide bonds. The summed E-state index contributed by atoms with van der Waals surface area (Å²) in [6, 6.07) is 19.4. The van der Waals surface area contributed by atoms with Crippen LogP contribution in [0, 0.1) is 13.8 Å². The van der Waals surface area contributed by atoms with E-state index in [1.807, 2.05) is 32.0 Å². The van der Waals surface area contributed by atoms with E-state index in [1.54, 1.807) is 31.4 Å². The highest BCUT2D eigenvalue weighted by Crippen LogP contribution is 2.26. The minimum atomic E-state index is -0.0550. The number of rotatable bonds is 13. The molecule has 0 fully saturated rings. The number of para-hydroxylation sites is 2. The number of halogens is 1. The lowest BCUT2D eigenvalue weighted by Crippen LogP contribution is -2.24. The van der Waals surface area contributed by atoms with Crippen molar-refractivity contribution in [2.45, 2.75) is 52.5 Å². The van der Waals surface area contributed by atoms with Crippen molar-refractivity contribution in [3.05, 3.63) is 88.2 Å². The van der Waals surface area contributed by atoms with Crippen molar-refractivity contribution in [3.63, 3.8) is 0 Å². The zero-order valence-corrected chi connectivity index (χ0v) is 23.2. The van der Waals surface area contributed by atoms with E-state index in [9.17, 15) is 4.79 Å². The summed E-state index contributed by atoms with van der Waals surface area (Å²) in [6.45, 7) is 6.13. The molecule has 0 saturated carbocycles. The zero-order valence-electron chi connectivity index (χ0n) is 22.4. The number of hydrogen-bond acceptors (Lipinski definition) is 4. The molecule has 1 aromatic heterocycles. The number of methoxy groups -OCH3 is 1. The van der Waals surface area contributed by atoms with E-state index in [0.717, 1.165) is 83.2 Å². The van der Waals surface area contributed by atoms with Crippen LogP contribution in [0.5, 0.6) is 11.5 Å². The molecule has 0 atom stereocenters. The van der Waals surface area contributed by atoms with Crippen molar-refractivity contribution in [1.82, 2.24) is 14.9 Å². The number of carbonyl (C=O) groups excluding carboxylic acids is 1. The Balaban J connectivity index is 1.24. The van der Waals surface area contributed by atoms with Crippen LogP contribution < -0.4 is 14.8 Å². The van der Waals surface area contributed by atoms with Gasteiger partial charge in [0, 0.05) is 30.1 Å². The molecule has 38 heavy (non-hydrogen) atoms. The Kier molecular flexibility index (Phi) is 9.66. The summed E-state index contributed by atoms with van der Waals surface area (Å²) in [4.78, 5) is 17.2. The minimum absolute atomic E-state index is 0.0550. The average Bonchev–Trinajstić information content (AvgIpc) is 3.28. The van der Waals surface area contributed by atoms with Gasteiger partial charge in [0.05, 0.1) is 24.8 Å². The molecular formula is C31H36ClN3O3. The van der Waals surface area contributed by atoms with Crippen molar-refractivity contribution in [3.8, 4) is 11.5 Å².